The maximum absolute atomic E-state index is 12.3. The van der Waals surface area contributed by atoms with Gasteiger partial charge in [0.1, 0.15) is 0 Å². The van der Waals surface area contributed by atoms with Crippen molar-refractivity contribution in [1.82, 2.24) is 0 Å². The van der Waals surface area contributed by atoms with Crippen molar-refractivity contribution in [3.8, 4) is 0 Å². The zero-order valence-corrected chi connectivity index (χ0v) is 27.8. The maximum Gasteiger partial charge on any atom is 0.305 e. The molecule has 1 aromatic rings. The molecule has 1 N–H and O–H groups in total. The molecule has 7 nitrogen and oxygen atoms in total. The molecule has 0 spiro atoms. The van der Waals surface area contributed by atoms with Gasteiger partial charge in [0.25, 0.3) is 0 Å². The van der Waals surface area contributed by atoms with E-state index in [-0.39, 0.29) is 31.1 Å². The van der Waals surface area contributed by atoms with Crippen LogP contribution >= 0.6 is 0 Å². The number of benzene rings is 1. The molecule has 7 heteroatoms. The predicted octanol–water partition coefficient (Wildman–Crippen LogP) is 9.06. The van der Waals surface area contributed by atoms with Gasteiger partial charge < -0.3 is 19.3 Å². The Bertz CT molecular complexity index is 893. The highest BCUT2D eigenvalue weighted by Crippen LogP contribution is 2.29. The smallest absolute Gasteiger partial charge is 0.305 e. The zero-order chi connectivity index (χ0) is 32.0. The summed E-state index contributed by atoms with van der Waals surface area (Å²) in [7, 11) is 0. The van der Waals surface area contributed by atoms with Gasteiger partial charge in [-0.05, 0) is 42.6 Å². The summed E-state index contributed by atoms with van der Waals surface area (Å²) in [5.41, 5.74) is 1.09. The molecule has 0 bridgehead atoms. The van der Waals surface area contributed by atoms with Gasteiger partial charge in [-0.3, -0.25) is 14.4 Å². The van der Waals surface area contributed by atoms with Crippen molar-refractivity contribution in [1.29, 1.82) is 0 Å². The minimum atomic E-state index is -0.643. The van der Waals surface area contributed by atoms with E-state index in [1.165, 1.54) is 96.3 Å². The van der Waals surface area contributed by atoms with Crippen molar-refractivity contribution in [2.45, 2.75) is 141 Å². The number of carbonyl (C=O) groups excluding carboxylic acids is 2. The van der Waals surface area contributed by atoms with Gasteiger partial charge in [0, 0.05) is 19.3 Å². The van der Waals surface area contributed by atoms with E-state index in [0.717, 1.165) is 24.8 Å². The molecule has 3 saturated carbocycles. The van der Waals surface area contributed by atoms with Crippen molar-refractivity contribution >= 4 is 17.9 Å². The molecule has 0 amide bonds. The van der Waals surface area contributed by atoms with Crippen LogP contribution in [0.1, 0.15) is 140 Å². The third-order valence-corrected chi connectivity index (χ3v) is 9.88. The van der Waals surface area contributed by atoms with Crippen LogP contribution in [0.25, 0.3) is 0 Å². The van der Waals surface area contributed by atoms with Crippen LogP contribution in [0, 0.1) is 23.7 Å². The number of esters is 2. The van der Waals surface area contributed by atoms with Crippen molar-refractivity contribution < 1.29 is 33.7 Å². The van der Waals surface area contributed by atoms with Crippen molar-refractivity contribution in [2.24, 2.45) is 23.7 Å². The first-order valence-electron chi connectivity index (χ1n) is 18.1. The normalized spacial score (nSPS) is 18.2. The van der Waals surface area contributed by atoms with Crippen molar-refractivity contribution in [3.63, 3.8) is 0 Å². The second-order valence-corrected chi connectivity index (χ2v) is 13.8. The van der Waals surface area contributed by atoms with Gasteiger partial charge in [0.05, 0.1) is 32.3 Å². The highest BCUT2D eigenvalue weighted by atomic mass is 16.6. The van der Waals surface area contributed by atoms with Crippen LogP contribution in [0.2, 0.25) is 0 Å². The molecule has 45 heavy (non-hydrogen) atoms. The summed E-state index contributed by atoms with van der Waals surface area (Å²) in [5.74, 6) is 0.939. The summed E-state index contributed by atoms with van der Waals surface area (Å²) >= 11 is 0. The first kappa shape index (κ1) is 37.1. The van der Waals surface area contributed by atoms with Crippen LogP contribution in [-0.4, -0.2) is 42.8 Å². The number of carboxylic acid groups (broad SMARTS) is 1. The lowest BCUT2D eigenvalue weighted by Crippen LogP contribution is -2.25. The molecular formula is C38H60O7. The molecule has 3 fully saturated rings. The van der Waals surface area contributed by atoms with Gasteiger partial charge >= 0.3 is 17.9 Å². The SMILES string of the molecule is O=C(CCC1CCCCC1)OCC(COCc1ccccc1)COC(=O)CCC1CCCCC1.O=C(O)CCC1CCCCC1. The van der Waals surface area contributed by atoms with Gasteiger partial charge in [-0.25, -0.2) is 0 Å². The molecule has 0 unspecified atom stereocenters. The first-order chi connectivity index (χ1) is 22.0. The standard InChI is InChI=1S/C29H44O5.C9H16O2/c30-28(18-16-24-10-4-1-5-11-24)33-22-27(21-32-20-26-14-8-3-9-15-26)23-34-29(31)19-17-25-12-6-2-7-13-25;10-9(11)7-6-8-4-2-1-3-5-8/h3,8-9,14-15,24-25,27H,1-2,4-7,10-13,16-23H2;8H,1-7H2,(H,10,11). The largest absolute Gasteiger partial charge is 0.481 e. The molecule has 3 aliphatic carbocycles. The Kier molecular flexibility index (Phi) is 18.9. The molecule has 0 aromatic heterocycles. The molecule has 0 heterocycles. The third kappa shape index (κ3) is 17.8. The molecule has 0 radical (unpaired) electrons. The number of rotatable bonds is 17. The summed E-state index contributed by atoms with van der Waals surface area (Å²) in [4.78, 5) is 34.9. The van der Waals surface area contributed by atoms with Gasteiger partial charge in [0.2, 0.25) is 0 Å². The molecule has 1 aromatic carbocycles. The van der Waals surface area contributed by atoms with E-state index >= 15 is 0 Å². The Labute approximate surface area is 272 Å². The fourth-order valence-electron chi connectivity index (χ4n) is 7.03. The van der Waals surface area contributed by atoms with Gasteiger partial charge in [-0.1, -0.05) is 127 Å². The van der Waals surface area contributed by atoms with Crippen LogP contribution in [0.5, 0.6) is 0 Å². The maximum atomic E-state index is 12.3. The second kappa shape index (κ2) is 23.0. The third-order valence-electron chi connectivity index (χ3n) is 9.88. The first-order valence-corrected chi connectivity index (χ1v) is 18.1. The molecule has 4 rings (SSSR count). The summed E-state index contributed by atoms with van der Waals surface area (Å²) in [5, 5.41) is 8.44. The van der Waals surface area contributed by atoms with Gasteiger partial charge in [-0.2, -0.15) is 0 Å². The lowest BCUT2D eigenvalue weighted by atomic mass is 9.86. The summed E-state index contributed by atoms with van der Waals surface area (Å²) in [6.07, 6.45) is 23.3. The lowest BCUT2D eigenvalue weighted by molar-refractivity contribution is -0.151. The molecule has 0 saturated heterocycles. The number of hydrogen-bond acceptors (Lipinski definition) is 6. The van der Waals surface area contributed by atoms with E-state index in [4.69, 9.17) is 19.3 Å². The lowest BCUT2D eigenvalue weighted by Gasteiger charge is -2.22. The number of carbonyl (C=O) groups is 3. The number of aliphatic carboxylic acids is 1. The highest BCUT2D eigenvalue weighted by molar-refractivity contribution is 5.69. The zero-order valence-electron chi connectivity index (χ0n) is 27.8. The quantitative estimate of drug-likeness (QED) is 0.172. The van der Waals surface area contributed by atoms with Crippen molar-refractivity contribution in [2.75, 3.05) is 19.8 Å². The minimum Gasteiger partial charge on any atom is -0.481 e. The fraction of sp³-hybridized carbons (Fsp3) is 0.763. The van der Waals surface area contributed by atoms with Gasteiger partial charge in [0.15, 0.2) is 0 Å². The van der Waals surface area contributed by atoms with E-state index < -0.39 is 5.97 Å². The van der Waals surface area contributed by atoms with E-state index in [2.05, 4.69) is 0 Å². The van der Waals surface area contributed by atoms with E-state index in [0.29, 0.717) is 50.2 Å². The Morgan fingerprint density at radius 2 is 1.02 bits per heavy atom. The van der Waals surface area contributed by atoms with Crippen LogP contribution in [0.15, 0.2) is 30.3 Å². The number of ether oxygens (including phenoxy) is 3. The van der Waals surface area contributed by atoms with Crippen LogP contribution in [-0.2, 0) is 35.2 Å². The Morgan fingerprint density at radius 1 is 0.600 bits per heavy atom. The summed E-state index contributed by atoms with van der Waals surface area (Å²) in [6.45, 7) is 1.34. The fourth-order valence-corrected chi connectivity index (χ4v) is 7.03. The topological polar surface area (TPSA) is 99.1 Å². The molecular weight excluding hydrogens is 568 g/mol. The Morgan fingerprint density at radius 3 is 1.44 bits per heavy atom. The van der Waals surface area contributed by atoms with E-state index in [1.54, 1.807) is 0 Å². The highest BCUT2D eigenvalue weighted by Gasteiger charge is 2.20. The average molecular weight is 629 g/mol. The molecule has 254 valence electrons. The monoisotopic (exact) mass is 628 g/mol. The Hall–Kier alpha value is -2.41. The van der Waals surface area contributed by atoms with Crippen LogP contribution in [0.3, 0.4) is 0 Å². The van der Waals surface area contributed by atoms with E-state index in [9.17, 15) is 14.4 Å². The second-order valence-electron chi connectivity index (χ2n) is 13.8. The molecule has 0 aliphatic heterocycles. The van der Waals surface area contributed by atoms with Gasteiger partial charge in [-0.15, -0.1) is 0 Å². The average Bonchev–Trinajstić information content (AvgIpc) is 3.08. The molecule has 0 atom stereocenters. The predicted molar refractivity (Wildman–Crippen MR) is 177 cm³/mol. The van der Waals surface area contributed by atoms with Crippen LogP contribution in [0.4, 0.5) is 0 Å². The number of carboxylic acids is 1. The summed E-state index contributed by atoms with van der Waals surface area (Å²) in [6, 6.07) is 9.99. The minimum absolute atomic E-state index is 0.151. The Balaban J connectivity index is 0.000000423. The van der Waals surface area contributed by atoms with E-state index in [1.807, 2.05) is 30.3 Å². The van der Waals surface area contributed by atoms with Crippen molar-refractivity contribution in [3.05, 3.63) is 35.9 Å². The number of hydrogen-bond donors (Lipinski definition) is 1. The summed E-state index contributed by atoms with van der Waals surface area (Å²) < 4.78 is 17.0. The van der Waals surface area contributed by atoms with Crippen LogP contribution < -0.4 is 0 Å². The molecule has 3 aliphatic rings.